The van der Waals surface area contributed by atoms with E-state index in [9.17, 15) is 9.18 Å². The van der Waals surface area contributed by atoms with Crippen molar-refractivity contribution in [3.63, 3.8) is 0 Å². The summed E-state index contributed by atoms with van der Waals surface area (Å²) < 4.78 is 13.4. The number of hydrogen-bond acceptors (Lipinski definition) is 2. The average Bonchev–Trinajstić information content (AvgIpc) is 2.77. The molecule has 1 aliphatic heterocycles. The third-order valence-electron chi connectivity index (χ3n) is 3.27. The van der Waals surface area contributed by atoms with Gasteiger partial charge in [-0.3, -0.25) is 4.79 Å². The minimum absolute atomic E-state index is 0.0444. The van der Waals surface area contributed by atoms with Crippen molar-refractivity contribution in [2.24, 2.45) is 5.92 Å². The molecule has 2 unspecified atom stereocenters. The highest BCUT2D eigenvalue weighted by Crippen LogP contribution is 2.28. The fraction of sp³-hybridized carbons (Fsp3) is 0.462. The zero-order valence-corrected chi connectivity index (χ0v) is 9.74. The van der Waals surface area contributed by atoms with E-state index in [0.717, 1.165) is 17.5 Å². The second-order valence-corrected chi connectivity index (χ2v) is 4.48. The van der Waals surface area contributed by atoms with Crippen molar-refractivity contribution in [3.05, 3.63) is 35.1 Å². The maximum absolute atomic E-state index is 13.4. The van der Waals surface area contributed by atoms with Crippen LogP contribution in [0.1, 0.15) is 30.5 Å². The molecule has 17 heavy (non-hydrogen) atoms. The molecule has 1 aromatic carbocycles. The Hall–Kier alpha value is -1.42. The zero-order chi connectivity index (χ0) is 12.4. The van der Waals surface area contributed by atoms with Crippen LogP contribution in [0.25, 0.3) is 0 Å². The standard InChI is InChI=1S/C13H16FNO2/c1-2-8-3-9(5-11(14)4-8)12-6-10(7-15-12)13(16)17/h3-5,10,12,15H,2,6-7H2,1H3,(H,16,17). The number of carboxylic acids is 1. The molecular weight excluding hydrogens is 221 g/mol. The maximum atomic E-state index is 13.4. The van der Waals surface area contributed by atoms with Gasteiger partial charge in [0.1, 0.15) is 5.82 Å². The molecule has 0 saturated carbocycles. The summed E-state index contributed by atoms with van der Waals surface area (Å²) in [7, 11) is 0. The molecule has 2 atom stereocenters. The molecule has 3 nitrogen and oxygen atoms in total. The van der Waals surface area contributed by atoms with E-state index in [2.05, 4.69) is 5.32 Å². The van der Waals surface area contributed by atoms with Gasteiger partial charge in [-0.2, -0.15) is 0 Å². The largest absolute Gasteiger partial charge is 0.481 e. The molecule has 0 amide bonds. The molecule has 2 rings (SSSR count). The van der Waals surface area contributed by atoms with Crippen molar-refractivity contribution >= 4 is 5.97 Å². The fourth-order valence-electron chi connectivity index (χ4n) is 2.26. The zero-order valence-electron chi connectivity index (χ0n) is 9.74. The normalized spacial score (nSPS) is 23.9. The van der Waals surface area contributed by atoms with Crippen LogP contribution in [0.3, 0.4) is 0 Å². The topological polar surface area (TPSA) is 49.3 Å². The van der Waals surface area contributed by atoms with Crippen LogP contribution in [-0.2, 0) is 11.2 Å². The first kappa shape index (κ1) is 12.0. The number of halogens is 1. The fourth-order valence-corrected chi connectivity index (χ4v) is 2.26. The summed E-state index contributed by atoms with van der Waals surface area (Å²) in [6.45, 7) is 2.43. The number of hydrogen-bond donors (Lipinski definition) is 2. The van der Waals surface area contributed by atoms with Gasteiger partial charge in [0.15, 0.2) is 0 Å². The highest BCUT2D eigenvalue weighted by Gasteiger charge is 2.30. The molecule has 0 spiro atoms. The van der Waals surface area contributed by atoms with Gasteiger partial charge >= 0.3 is 5.97 Å². The molecular formula is C13H16FNO2. The van der Waals surface area contributed by atoms with Crippen molar-refractivity contribution < 1.29 is 14.3 Å². The Morgan fingerprint density at radius 2 is 2.29 bits per heavy atom. The van der Waals surface area contributed by atoms with Crippen LogP contribution in [0.5, 0.6) is 0 Å². The first-order valence-electron chi connectivity index (χ1n) is 5.85. The average molecular weight is 237 g/mol. The molecule has 1 aliphatic rings. The molecule has 0 aliphatic carbocycles. The quantitative estimate of drug-likeness (QED) is 0.846. The van der Waals surface area contributed by atoms with Gasteiger partial charge in [-0.25, -0.2) is 4.39 Å². The predicted octanol–water partition coefficient (Wildman–Crippen LogP) is 2.12. The van der Waals surface area contributed by atoms with Crippen LogP contribution in [0.4, 0.5) is 4.39 Å². The van der Waals surface area contributed by atoms with E-state index in [1.165, 1.54) is 12.1 Å². The Labute approximate surface area is 99.7 Å². The summed E-state index contributed by atoms with van der Waals surface area (Å²) >= 11 is 0. The SMILES string of the molecule is CCc1cc(F)cc(C2CC(C(=O)O)CN2)c1. The van der Waals surface area contributed by atoms with Crippen LogP contribution < -0.4 is 5.32 Å². The molecule has 0 aromatic heterocycles. The monoisotopic (exact) mass is 237 g/mol. The highest BCUT2D eigenvalue weighted by atomic mass is 19.1. The van der Waals surface area contributed by atoms with Gasteiger partial charge in [-0.05, 0) is 36.1 Å². The lowest BCUT2D eigenvalue weighted by Crippen LogP contribution is -2.17. The smallest absolute Gasteiger partial charge is 0.307 e. The van der Waals surface area contributed by atoms with E-state index >= 15 is 0 Å². The van der Waals surface area contributed by atoms with Gasteiger partial charge in [-0.15, -0.1) is 0 Å². The van der Waals surface area contributed by atoms with Gasteiger partial charge in [0.05, 0.1) is 5.92 Å². The summed E-state index contributed by atoms with van der Waals surface area (Å²) in [6.07, 6.45) is 1.31. The summed E-state index contributed by atoms with van der Waals surface area (Å²) in [4.78, 5) is 10.9. The molecule has 4 heteroatoms. The number of aryl methyl sites for hydroxylation is 1. The number of carboxylic acid groups (broad SMARTS) is 1. The lowest BCUT2D eigenvalue weighted by atomic mass is 9.98. The molecule has 92 valence electrons. The molecule has 1 fully saturated rings. The number of aliphatic carboxylic acids is 1. The van der Waals surface area contributed by atoms with Gasteiger partial charge in [0.25, 0.3) is 0 Å². The molecule has 0 bridgehead atoms. The van der Waals surface area contributed by atoms with E-state index in [1.54, 1.807) is 0 Å². The minimum atomic E-state index is -0.785. The van der Waals surface area contributed by atoms with Crippen LogP contribution in [-0.4, -0.2) is 17.6 Å². The number of rotatable bonds is 3. The Kier molecular flexibility index (Phi) is 3.43. The van der Waals surface area contributed by atoms with E-state index in [-0.39, 0.29) is 17.8 Å². The van der Waals surface area contributed by atoms with E-state index < -0.39 is 5.97 Å². The van der Waals surface area contributed by atoms with Crippen LogP contribution >= 0.6 is 0 Å². The maximum Gasteiger partial charge on any atom is 0.307 e. The molecule has 0 radical (unpaired) electrons. The van der Waals surface area contributed by atoms with Crippen molar-refractivity contribution in [2.45, 2.75) is 25.8 Å². The van der Waals surface area contributed by atoms with E-state index in [4.69, 9.17) is 5.11 Å². The minimum Gasteiger partial charge on any atom is -0.481 e. The first-order chi connectivity index (χ1) is 8.10. The third kappa shape index (κ3) is 2.64. The molecule has 1 aromatic rings. The van der Waals surface area contributed by atoms with Crippen molar-refractivity contribution in [1.29, 1.82) is 0 Å². The van der Waals surface area contributed by atoms with Crippen molar-refractivity contribution in [2.75, 3.05) is 6.54 Å². The Balaban J connectivity index is 2.18. The Morgan fingerprint density at radius 3 is 2.88 bits per heavy atom. The number of nitrogens with one attached hydrogen (secondary N) is 1. The lowest BCUT2D eigenvalue weighted by molar-refractivity contribution is -0.141. The molecule has 1 heterocycles. The van der Waals surface area contributed by atoms with E-state index in [0.29, 0.717) is 13.0 Å². The van der Waals surface area contributed by atoms with Crippen LogP contribution in [0.2, 0.25) is 0 Å². The Morgan fingerprint density at radius 1 is 1.53 bits per heavy atom. The summed E-state index contributed by atoms with van der Waals surface area (Å²) in [6, 6.07) is 4.91. The lowest BCUT2D eigenvalue weighted by Gasteiger charge is -2.12. The van der Waals surface area contributed by atoms with Crippen LogP contribution in [0.15, 0.2) is 18.2 Å². The van der Waals surface area contributed by atoms with Crippen LogP contribution in [0, 0.1) is 11.7 Å². The highest BCUT2D eigenvalue weighted by molar-refractivity contribution is 5.70. The third-order valence-corrected chi connectivity index (χ3v) is 3.27. The summed E-state index contributed by atoms with van der Waals surface area (Å²) in [5.74, 6) is -1.40. The number of benzene rings is 1. The van der Waals surface area contributed by atoms with Gasteiger partial charge in [0, 0.05) is 12.6 Å². The number of carbonyl (C=O) groups is 1. The van der Waals surface area contributed by atoms with Gasteiger partial charge in [0.2, 0.25) is 0 Å². The van der Waals surface area contributed by atoms with Gasteiger partial charge in [-0.1, -0.05) is 13.0 Å². The van der Waals surface area contributed by atoms with Crippen molar-refractivity contribution in [3.8, 4) is 0 Å². The second-order valence-electron chi connectivity index (χ2n) is 4.48. The first-order valence-corrected chi connectivity index (χ1v) is 5.85. The second kappa shape index (κ2) is 4.84. The van der Waals surface area contributed by atoms with Gasteiger partial charge < -0.3 is 10.4 Å². The van der Waals surface area contributed by atoms with E-state index in [1.807, 2.05) is 13.0 Å². The molecule has 2 N–H and O–H groups in total. The molecule has 1 saturated heterocycles. The summed E-state index contributed by atoms with van der Waals surface area (Å²) in [5, 5.41) is 12.1. The Bertz CT molecular complexity index is 433. The summed E-state index contributed by atoms with van der Waals surface area (Å²) in [5.41, 5.74) is 1.80. The predicted molar refractivity (Wildman–Crippen MR) is 62.3 cm³/mol. The van der Waals surface area contributed by atoms with Crippen molar-refractivity contribution in [1.82, 2.24) is 5.32 Å².